The normalized spacial score (nSPS) is 24.2. The lowest BCUT2D eigenvalue weighted by molar-refractivity contribution is 0.392. The molecular formula is C16H29N3S. The van der Waals surface area contributed by atoms with Crippen LogP contribution in [0.5, 0.6) is 0 Å². The lowest BCUT2D eigenvalue weighted by Crippen LogP contribution is -2.47. The van der Waals surface area contributed by atoms with Crippen molar-refractivity contribution in [1.29, 1.82) is 0 Å². The molecule has 3 nitrogen and oxygen atoms in total. The number of nitrogens with one attached hydrogen (secondary N) is 1. The summed E-state index contributed by atoms with van der Waals surface area (Å²) in [5.74, 6) is 1.31. The van der Waals surface area contributed by atoms with E-state index in [9.17, 15) is 0 Å². The van der Waals surface area contributed by atoms with Crippen molar-refractivity contribution >= 4 is 11.8 Å². The van der Waals surface area contributed by atoms with Gasteiger partial charge in [-0.1, -0.05) is 13.8 Å². The van der Waals surface area contributed by atoms with E-state index in [-0.39, 0.29) is 0 Å². The molecule has 0 bridgehead atoms. The lowest BCUT2D eigenvalue weighted by Gasteiger charge is -2.34. The van der Waals surface area contributed by atoms with E-state index in [4.69, 9.17) is 0 Å². The standard InChI is InChI=1S/C16H29N3S/c1-5-9-17-15(16(3)8-7-10-20-16)12-14-11-13(6-2)18-19(14)4/h11,15,17H,5-10,12H2,1-4H3. The Kier molecular flexibility index (Phi) is 5.56. The molecule has 1 fully saturated rings. The fraction of sp³-hybridized carbons (Fsp3) is 0.812. The van der Waals surface area contributed by atoms with Crippen LogP contribution in [0.15, 0.2) is 6.07 Å². The van der Waals surface area contributed by atoms with Crippen molar-refractivity contribution in [2.24, 2.45) is 7.05 Å². The van der Waals surface area contributed by atoms with Gasteiger partial charge >= 0.3 is 0 Å². The van der Waals surface area contributed by atoms with Crippen LogP contribution in [0.2, 0.25) is 0 Å². The minimum Gasteiger partial charge on any atom is -0.312 e. The number of nitrogens with zero attached hydrogens (tertiary/aromatic N) is 2. The summed E-state index contributed by atoms with van der Waals surface area (Å²) < 4.78 is 2.45. The Labute approximate surface area is 127 Å². The molecule has 1 N–H and O–H groups in total. The lowest BCUT2D eigenvalue weighted by atomic mass is 9.92. The Balaban J connectivity index is 2.12. The predicted molar refractivity (Wildman–Crippen MR) is 88.5 cm³/mol. The molecule has 1 aromatic rings. The van der Waals surface area contributed by atoms with Gasteiger partial charge in [0.15, 0.2) is 0 Å². The molecule has 0 aromatic carbocycles. The molecule has 114 valence electrons. The van der Waals surface area contributed by atoms with E-state index in [1.165, 1.54) is 36.4 Å². The summed E-state index contributed by atoms with van der Waals surface area (Å²) in [4.78, 5) is 0. The highest BCUT2D eigenvalue weighted by Gasteiger charge is 2.37. The monoisotopic (exact) mass is 295 g/mol. The van der Waals surface area contributed by atoms with Crippen molar-refractivity contribution in [3.05, 3.63) is 17.5 Å². The zero-order valence-electron chi connectivity index (χ0n) is 13.4. The van der Waals surface area contributed by atoms with Crippen LogP contribution in [0.1, 0.15) is 51.4 Å². The largest absolute Gasteiger partial charge is 0.312 e. The van der Waals surface area contributed by atoms with Crippen molar-refractivity contribution < 1.29 is 0 Å². The number of aryl methyl sites for hydroxylation is 2. The van der Waals surface area contributed by atoms with Gasteiger partial charge in [0, 0.05) is 30.0 Å². The number of thioether (sulfide) groups is 1. The van der Waals surface area contributed by atoms with Gasteiger partial charge in [-0.3, -0.25) is 4.68 Å². The summed E-state index contributed by atoms with van der Waals surface area (Å²) in [6, 6.07) is 2.83. The van der Waals surface area contributed by atoms with Gasteiger partial charge in [0.05, 0.1) is 5.69 Å². The van der Waals surface area contributed by atoms with E-state index in [1.54, 1.807) is 0 Å². The minimum absolute atomic E-state index is 0.381. The van der Waals surface area contributed by atoms with Crippen LogP contribution in [0.25, 0.3) is 0 Å². The highest BCUT2D eigenvalue weighted by Crippen LogP contribution is 2.41. The molecule has 0 amide bonds. The maximum absolute atomic E-state index is 4.59. The van der Waals surface area contributed by atoms with Gasteiger partial charge in [-0.2, -0.15) is 16.9 Å². The molecule has 1 aliphatic heterocycles. The van der Waals surface area contributed by atoms with Gasteiger partial charge in [-0.25, -0.2) is 0 Å². The first kappa shape index (κ1) is 15.9. The number of aromatic nitrogens is 2. The molecule has 2 rings (SSSR count). The second-order valence-electron chi connectivity index (χ2n) is 6.08. The number of hydrogen-bond donors (Lipinski definition) is 1. The molecule has 0 saturated carbocycles. The van der Waals surface area contributed by atoms with E-state index < -0.39 is 0 Å². The van der Waals surface area contributed by atoms with Gasteiger partial charge < -0.3 is 5.32 Å². The van der Waals surface area contributed by atoms with Crippen molar-refractivity contribution in [2.75, 3.05) is 12.3 Å². The molecule has 1 aliphatic rings. The zero-order valence-corrected chi connectivity index (χ0v) is 14.2. The van der Waals surface area contributed by atoms with Crippen LogP contribution in [-0.4, -0.2) is 32.9 Å². The van der Waals surface area contributed by atoms with E-state index >= 15 is 0 Å². The third-order valence-corrected chi connectivity index (χ3v) is 6.07. The Morgan fingerprint density at radius 3 is 2.85 bits per heavy atom. The first-order chi connectivity index (χ1) is 9.59. The summed E-state index contributed by atoms with van der Waals surface area (Å²) in [7, 11) is 2.08. The van der Waals surface area contributed by atoms with E-state index in [0.29, 0.717) is 10.8 Å². The van der Waals surface area contributed by atoms with Crippen LogP contribution in [0.4, 0.5) is 0 Å². The van der Waals surface area contributed by atoms with Crippen LogP contribution in [0, 0.1) is 0 Å². The SMILES string of the molecule is CCCNC(Cc1cc(CC)nn1C)C1(C)CCCS1. The molecule has 20 heavy (non-hydrogen) atoms. The topological polar surface area (TPSA) is 29.9 Å². The van der Waals surface area contributed by atoms with E-state index in [0.717, 1.165) is 19.4 Å². The molecule has 2 heterocycles. The summed E-state index contributed by atoms with van der Waals surface area (Å²) in [5.41, 5.74) is 2.57. The first-order valence-corrected chi connectivity index (χ1v) is 8.96. The van der Waals surface area contributed by atoms with Crippen LogP contribution in [0.3, 0.4) is 0 Å². The maximum atomic E-state index is 4.59. The smallest absolute Gasteiger partial charge is 0.0624 e. The molecular weight excluding hydrogens is 266 g/mol. The quantitative estimate of drug-likeness (QED) is 0.838. The van der Waals surface area contributed by atoms with Gasteiger partial charge in [-0.15, -0.1) is 0 Å². The predicted octanol–water partition coefficient (Wildman–Crippen LogP) is 3.18. The number of hydrogen-bond acceptors (Lipinski definition) is 3. The van der Waals surface area contributed by atoms with Crippen LogP contribution < -0.4 is 5.32 Å². The van der Waals surface area contributed by atoms with E-state index in [2.05, 4.69) is 60.7 Å². The van der Waals surface area contributed by atoms with E-state index in [1.807, 2.05) is 0 Å². The fourth-order valence-corrected chi connectivity index (χ4v) is 4.45. The van der Waals surface area contributed by atoms with Crippen molar-refractivity contribution in [3.63, 3.8) is 0 Å². The summed E-state index contributed by atoms with van der Waals surface area (Å²) >= 11 is 2.15. The second-order valence-corrected chi connectivity index (χ2v) is 7.71. The third kappa shape index (κ3) is 3.59. The molecule has 2 unspecified atom stereocenters. The van der Waals surface area contributed by atoms with Crippen LogP contribution in [-0.2, 0) is 19.9 Å². The van der Waals surface area contributed by atoms with Gasteiger partial charge in [0.25, 0.3) is 0 Å². The Hall–Kier alpha value is -0.480. The van der Waals surface area contributed by atoms with Crippen LogP contribution >= 0.6 is 11.8 Å². The molecule has 1 aromatic heterocycles. The average molecular weight is 295 g/mol. The summed E-state index contributed by atoms with van der Waals surface area (Å²) in [6.45, 7) is 7.97. The highest BCUT2D eigenvalue weighted by atomic mass is 32.2. The molecule has 0 aliphatic carbocycles. The van der Waals surface area contributed by atoms with Gasteiger partial charge in [-0.05, 0) is 51.0 Å². The molecule has 0 radical (unpaired) electrons. The third-order valence-electron chi connectivity index (χ3n) is 4.43. The first-order valence-electron chi connectivity index (χ1n) is 7.98. The van der Waals surface area contributed by atoms with Crippen molar-refractivity contribution in [3.8, 4) is 0 Å². The molecule has 2 atom stereocenters. The Morgan fingerprint density at radius 1 is 1.50 bits per heavy atom. The average Bonchev–Trinajstić information content (AvgIpc) is 3.02. The zero-order chi connectivity index (χ0) is 14.6. The maximum Gasteiger partial charge on any atom is 0.0624 e. The Bertz CT molecular complexity index is 421. The van der Waals surface area contributed by atoms with Crippen molar-refractivity contribution in [2.45, 2.75) is 63.7 Å². The van der Waals surface area contributed by atoms with Crippen molar-refractivity contribution in [1.82, 2.24) is 15.1 Å². The molecule has 1 saturated heterocycles. The Morgan fingerprint density at radius 2 is 2.30 bits per heavy atom. The number of rotatable bonds is 7. The molecule has 0 spiro atoms. The fourth-order valence-electron chi connectivity index (χ4n) is 3.04. The van der Waals surface area contributed by atoms with Gasteiger partial charge in [0.1, 0.15) is 0 Å². The highest BCUT2D eigenvalue weighted by molar-refractivity contribution is 8.00. The second kappa shape index (κ2) is 6.99. The molecule has 4 heteroatoms. The van der Waals surface area contributed by atoms with Gasteiger partial charge in [0.2, 0.25) is 0 Å². The minimum atomic E-state index is 0.381. The summed E-state index contributed by atoms with van der Waals surface area (Å²) in [5, 5.41) is 8.39. The summed E-state index contributed by atoms with van der Waals surface area (Å²) in [6.07, 6.45) is 6.00.